The van der Waals surface area contributed by atoms with Crippen LogP contribution in [0.3, 0.4) is 0 Å². The molecule has 0 aliphatic heterocycles. The van der Waals surface area contributed by atoms with E-state index in [4.69, 9.17) is 0 Å². The number of Topliss-reactive ketones (excluding diaryl/α,β-unsaturated/α-hetero) is 1. The van der Waals surface area contributed by atoms with Crippen molar-refractivity contribution in [2.24, 2.45) is 11.8 Å². The van der Waals surface area contributed by atoms with E-state index in [1.807, 2.05) is 18.2 Å². The Kier molecular flexibility index (Phi) is 3.22. The first-order valence-corrected chi connectivity index (χ1v) is 5.63. The van der Waals surface area contributed by atoms with E-state index in [1.54, 1.807) is 13.2 Å². The van der Waals surface area contributed by atoms with Crippen LogP contribution in [0.25, 0.3) is 0 Å². The summed E-state index contributed by atoms with van der Waals surface area (Å²) in [5, 5.41) is 2.88. The van der Waals surface area contributed by atoms with Crippen molar-refractivity contribution in [2.75, 3.05) is 13.7 Å². The van der Waals surface area contributed by atoms with Gasteiger partial charge in [0.2, 0.25) is 0 Å². The zero-order valence-electron chi connectivity index (χ0n) is 9.37. The van der Waals surface area contributed by atoms with Crippen molar-refractivity contribution < 1.29 is 9.18 Å². The zero-order valence-corrected chi connectivity index (χ0v) is 9.37. The van der Waals surface area contributed by atoms with Gasteiger partial charge in [-0.1, -0.05) is 12.2 Å². The standard InChI is InChI=1S/C13H16FNO/c1-15-7-6-11-9-2-4-10(5-3-9)13(16)12(11)8-14/h2,4,6-7,9-10,15H,3,5,8H2,1H3/b7-6-. The van der Waals surface area contributed by atoms with Crippen LogP contribution < -0.4 is 5.32 Å². The first-order valence-electron chi connectivity index (χ1n) is 5.63. The van der Waals surface area contributed by atoms with Crippen molar-refractivity contribution in [3.63, 3.8) is 0 Å². The summed E-state index contributed by atoms with van der Waals surface area (Å²) in [6, 6.07) is 0. The topological polar surface area (TPSA) is 29.1 Å². The second-order valence-electron chi connectivity index (χ2n) is 4.23. The predicted octanol–water partition coefficient (Wildman–Crippen LogP) is 2.15. The lowest BCUT2D eigenvalue weighted by atomic mass is 9.87. The molecular weight excluding hydrogens is 205 g/mol. The summed E-state index contributed by atoms with van der Waals surface area (Å²) in [4.78, 5) is 12.0. The number of ketones is 1. The monoisotopic (exact) mass is 221 g/mol. The summed E-state index contributed by atoms with van der Waals surface area (Å²) in [6.45, 7) is -0.656. The van der Waals surface area contributed by atoms with Crippen LogP contribution in [0.15, 0.2) is 35.6 Å². The Morgan fingerprint density at radius 3 is 2.69 bits per heavy atom. The van der Waals surface area contributed by atoms with Gasteiger partial charge in [0.15, 0.2) is 5.78 Å². The van der Waals surface area contributed by atoms with Gasteiger partial charge >= 0.3 is 0 Å². The molecule has 0 aromatic carbocycles. The minimum absolute atomic E-state index is 0.0329. The summed E-state index contributed by atoms with van der Waals surface area (Å²) in [7, 11) is 1.79. The first kappa shape index (κ1) is 11.1. The third-order valence-electron chi connectivity index (χ3n) is 3.31. The van der Waals surface area contributed by atoms with Crippen LogP contribution in [0.5, 0.6) is 0 Å². The van der Waals surface area contributed by atoms with Crippen LogP contribution in [0.2, 0.25) is 0 Å². The minimum Gasteiger partial charge on any atom is -0.394 e. The molecule has 0 aromatic heterocycles. The maximum Gasteiger partial charge on any atom is 0.168 e. The lowest BCUT2D eigenvalue weighted by Gasteiger charge is -2.17. The van der Waals surface area contributed by atoms with Gasteiger partial charge < -0.3 is 5.32 Å². The molecule has 86 valence electrons. The fourth-order valence-electron chi connectivity index (χ4n) is 2.43. The Balaban J connectivity index is 2.43. The molecule has 0 aromatic rings. The van der Waals surface area contributed by atoms with Gasteiger partial charge in [-0.25, -0.2) is 4.39 Å². The highest BCUT2D eigenvalue weighted by Gasteiger charge is 2.32. The number of hydrogen-bond acceptors (Lipinski definition) is 2. The molecule has 0 saturated carbocycles. The smallest absolute Gasteiger partial charge is 0.168 e. The van der Waals surface area contributed by atoms with Gasteiger partial charge in [-0.2, -0.15) is 0 Å². The van der Waals surface area contributed by atoms with Crippen molar-refractivity contribution in [3.05, 3.63) is 35.6 Å². The first-order chi connectivity index (χ1) is 7.77. The van der Waals surface area contributed by atoms with E-state index in [2.05, 4.69) is 5.32 Å². The molecule has 3 heteroatoms. The molecule has 16 heavy (non-hydrogen) atoms. The van der Waals surface area contributed by atoms with Gasteiger partial charge in [0.25, 0.3) is 0 Å². The van der Waals surface area contributed by atoms with Gasteiger partial charge in [-0.15, -0.1) is 0 Å². The SMILES string of the molecule is CN/C=C\C1=C(CF)C(=O)C2C=CC1CC2. The summed E-state index contributed by atoms with van der Waals surface area (Å²) >= 11 is 0. The molecule has 3 rings (SSSR count). The van der Waals surface area contributed by atoms with Crippen molar-refractivity contribution in [1.29, 1.82) is 0 Å². The molecule has 0 radical (unpaired) electrons. The lowest BCUT2D eigenvalue weighted by Crippen LogP contribution is -2.15. The summed E-state index contributed by atoms with van der Waals surface area (Å²) in [6.07, 6.45) is 9.36. The highest BCUT2D eigenvalue weighted by molar-refractivity contribution is 6.00. The minimum atomic E-state index is -0.656. The Bertz CT molecular complexity index is 381. The van der Waals surface area contributed by atoms with E-state index in [-0.39, 0.29) is 17.6 Å². The predicted molar refractivity (Wildman–Crippen MR) is 61.6 cm³/mol. The second-order valence-corrected chi connectivity index (χ2v) is 4.23. The number of rotatable bonds is 3. The fraction of sp³-hybridized carbons (Fsp3) is 0.462. The Hall–Kier alpha value is -1.38. The maximum absolute atomic E-state index is 13.0. The molecule has 2 nitrogen and oxygen atoms in total. The van der Waals surface area contributed by atoms with Crippen molar-refractivity contribution in [2.45, 2.75) is 12.8 Å². The third kappa shape index (κ3) is 1.82. The Morgan fingerprint density at radius 2 is 2.12 bits per heavy atom. The van der Waals surface area contributed by atoms with Crippen molar-refractivity contribution in [3.8, 4) is 0 Å². The lowest BCUT2D eigenvalue weighted by molar-refractivity contribution is -0.118. The fourth-order valence-corrected chi connectivity index (χ4v) is 2.43. The molecule has 0 fully saturated rings. The average Bonchev–Trinajstić information content (AvgIpc) is 2.53. The maximum atomic E-state index is 13.0. The second kappa shape index (κ2) is 4.64. The Morgan fingerprint density at radius 1 is 1.44 bits per heavy atom. The molecule has 2 bridgehead atoms. The highest BCUT2D eigenvalue weighted by atomic mass is 19.1. The number of carbonyl (C=O) groups excluding carboxylic acids is 1. The van der Waals surface area contributed by atoms with Gasteiger partial charge in [-0.3, -0.25) is 4.79 Å². The number of nitrogens with one attached hydrogen (secondary N) is 1. The van der Waals surface area contributed by atoms with Gasteiger partial charge in [-0.05, 0) is 30.7 Å². The van der Waals surface area contributed by atoms with E-state index in [0.29, 0.717) is 5.57 Å². The molecule has 2 unspecified atom stereocenters. The van der Waals surface area contributed by atoms with E-state index in [1.165, 1.54) is 0 Å². The van der Waals surface area contributed by atoms with Crippen LogP contribution in [-0.2, 0) is 4.79 Å². The number of carbonyl (C=O) groups is 1. The largest absolute Gasteiger partial charge is 0.394 e. The number of fused-ring (bicyclic) bond motifs is 2. The summed E-state index contributed by atoms with van der Waals surface area (Å²) in [5.74, 6) is 0.0787. The van der Waals surface area contributed by atoms with Crippen LogP contribution in [0.4, 0.5) is 4.39 Å². The summed E-state index contributed by atoms with van der Waals surface area (Å²) < 4.78 is 13.0. The van der Waals surface area contributed by atoms with Gasteiger partial charge in [0, 0.05) is 24.5 Å². The number of hydrogen-bond donors (Lipinski definition) is 1. The van der Waals surface area contributed by atoms with E-state index < -0.39 is 6.67 Å². The normalized spacial score (nSPS) is 29.0. The molecule has 3 aliphatic carbocycles. The van der Waals surface area contributed by atoms with E-state index in [0.717, 1.165) is 18.4 Å². The molecule has 1 N–H and O–H groups in total. The number of alkyl halides is 1. The van der Waals surface area contributed by atoms with E-state index in [9.17, 15) is 9.18 Å². The van der Waals surface area contributed by atoms with Crippen LogP contribution in [-0.4, -0.2) is 19.5 Å². The van der Waals surface area contributed by atoms with Gasteiger partial charge in [0.1, 0.15) is 6.67 Å². The molecule has 0 spiro atoms. The third-order valence-corrected chi connectivity index (χ3v) is 3.31. The quantitative estimate of drug-likeness (QED) is 0.740. The van der Waals surface area contributed by atoms with Crippen LogP contribution in [0, 0.1) is 11.8 Å². The highest BCUT2D eigenvalue weighted by Crippen LogP contribution is 2.36. The van der Waals surface area contributed by atoms with Crippen LogP contribution in [0.1, 0.15) is 12.8 Å². The molecule has 0 heterocycles. The van der Waals surface area contributed by atoms with Crippen molar-refractivity contribution >= 4 is 5.78 Å². The van der Waals surface area contributed by atoms with E-state index >= 15 is 0 Å². The number of allylic oxidation sites excluding steroid dienone is 5. The molecule has 0 saturated heterocycles. The summed E-state index contributed by atoms with van der Waals surface area (Å²) in [5.41, 5.74) is 1.21. The zero-order chi connectivity index (χ0) is 11.5. The molecular formula is C13H16FNO. The molecule has 3 aliphatic rings. The number of halogens is 1. The average molecular weight is 221 g/mol. The van der Waals surface area contributed by atoms with Gasteiger partial charge in [0.05, 0.1) is 0 Å². The molecule has 2 atom stereocenters. The van der Waals surface area contributed by atoms with Crippen molar-refractivity contribution in [1.82, 2.24) is 5.32 Å². The molecule has 0 amide bonds. The van der Waals surface area contributed by atoms with Crippen LogP contribution >= 0.6 is 0 Å². The Labute approximate surface area is 94.9 Å².